The van der Waals surface area contributed by atoms with Crippen LogP contribution in [0, 0.1) is 0 Å². The maximum Gasteiger partial charge on any atom is 0.312 e. The first-order valence-electron chi connectivity index (χ1n) is 8.25. The number of halogens is 1. The maximum atomic E-state index is 12.7. The molecule has 0 saturated heterocycles. The zero-order valence-corrected chi connectivity index (χ0v) is 15.4. The second-order valence-corrected chi connectivity index (χ2v) is 5.73. The predicted molar refractivity (Wildman–Crippen MR) is 105 cm³/mol. The number of urea groups is 1. The zero-order chi connectivity index (χ0) is 18.1. The topological polar surface area (TPSA) is 101 Å². The van der Waals surface area contributed by atoms with Crippen LogP contribution in [0.25, 0.3) is 0 Å². The van der Waals surface area contributed by atoms with Crippen LogP contribution in [-0.2, 0) is 13.0 Å². The number of nitrogens with zero attached hydrogens (tertiary/aromatic N) is 1. The van der Waals surface area contributed by atoms with E-state index in [-0.39, 0.29) is 18.3 Å². The molecule has 0 spiro atoms. The third-order valence-electron chi connectivity index (χ3n) is 3.87. The first kappa shape index (κ1) is 21.5. The molecule has 0 aliphatic heterocycles. The summed E-state index contributed by atoms with van der Waals surface area (Å²) in [6, 6.07) is 16.6. The van der Waals surface area contributed by atoms with Gasteiger partial charge in [-0.25, -0.2) is 4.79 Å². The molecule has 5 N–H and O–H groups in total. The van der Waals surface area contributed by atoms with Crippen molar-refractivity contribution < 1.29 is 9.59 Å². The monoisotopic (exact) mass is 376 g/mol. The second kappa shape index (κ2) is 11.1. The van der Waals surface area contributed by atoms with Gasteiger partial charge in [-0.1, -0.05) is 42.5 Å². The first-order chi connectivity index (χ1) is 12.1. The number of nitrogens with one attached hydrogen (secondary N) is 1. The molecule has 2 aromatic rings. The minimum absolute atomic E-state index is 0. The Bertz CT molecular complexity index is 692. The van der Waals surface area contributed by atoms with E-state index in [1.54, 1.807) is 29.2 Å². The van der Waals surface area contributed by atoms with E-state index in [4.69, 9.17) is 11.5 Å². The van der Waals surface area contributed by atoms with Crippen LogP contribution in [0.3, 0.4) is 0 Å². The Kier molecular flexibility index (Phi) is 9.19. The SMILES string of the molecule is Cl.NCCN(CCc1ccccc1)C(=O)c1ccc(CNC(N)=O)cc1. The molecule has 2 aromatic carbocycles. The predicted octanol–water partition coefficient (Wildman–Crippen LogP) is 1.92. The van der Waals surface area contributed by atoms with E-state index in [0.29, 0.717) is 31.7 Å². The second-order valence-electron chi connectivity index (χ2n) is 5.73. The highest BCUT2D eigenvalue weighted by atomic mass is 35.5. The summed E-state index contributed by atoms with van der Waals surface area (Å²) in [6.45, 7) is 1.88. The number of hydrogen-bond acceptors (Lipinski definition) is 3. The largest absolute Gasteiger partial charge is 0.352 e. The maximum absolute atomic E-state index is 12.7. The van der Waals surface area contributed by atoms with Crippen LogP contribution in [-0.4, -0.2) is 36.5 Å². The lowest BCUT2D eigenvalue weighted by atomic mass is 10.1. The molecule has 0 aliphatic rings. The van der Waals surface area contributed by atoms with Gasteiger partial charge in [-0.2, -0.15) is 0 Å². The van der Waals surface area contributed by atoms with Gasteiger partial charge < -0.3 is 21.7 Å². The van der Waals surface area contributed by atoms with Crippen LogP contribution in [0.1, 0.15) is 21.5 Å². The van der Waals surface area contributed by atoms with Gasteiger partial charge in [0.05, 0.1) is 0 Å². The van der Waals surface area contributed by atoms with Crippen molar-refractivity contribution in [2.75, 3.05) is 19.6 Å². The van der Waals surface area contributed by atoms with Gasteiger partial charge in [-0.3, -0.25) is 4.79 Å². The molecule has 0 heterocycles. The molecule has 140 valence electrons. The van der Waals surface area contributed by atoms with Gasteiger partial charge in [0, 0.05) is 31.7 Å². The first-order valence-corrected chi connectivity index (χ1v) is 8.25. The van der Waals surface area contributed by atoms with Gasteiger partial charge >= 0.3 is 6.03 Å². The molecule has 6 nitrogen and oxygen atoms in total. The van der Waals surface area contributed by atoms with E-state index in [0.717, 1.165) is 12.0 Å². The van der Waals surface area contributed by atoms with E-state index >= 15 is 0 Å². The summed E-state index contributed by atoms with van der Waals surface area (Å²) in [5, 5.41) is 2.52. The van der Waals surface area contributed by atoms with E-state index in [9.17, 15) is 9.59 Å². The van der Waals surface area contributed by atoms with Gasteiger partial charge in [0.2, 0.25) is 0 Å². The number of primary amides is 1. The molecule has 0 bridgehead atoms. The number of nitrogens with two attached hydrogens (primary N) is 2. The van der Waals surface area contributed by atoms with E-state index in [1.807, 2.05) is 30.3 Å². The van der Waals surface area contributed by atoms with Crippen LogP contribution < -0.4 is 16.8 Å². The van der Waals surface area contributed by atoms with Crippen LogP contribution in [0.5, 0.6) is 0 Å². The third kappa shape index (κ3) is 6.74. The van der Waals surface area contributed by atoms with Crippen molar-refractivity contribution in [2.45, 2.75) is 13.0 Å². The Labute approximate surface area is 160 Å². The molecule has 7 heteroatoms. The molecule has 3 amide bonds. The number of rotatable bonds is 8. The van der Waals surface area contributed by atoms with Crippen molar-refractivity contribution in [1.82, 2.24) is 10.2 Å². The van der Waals surface area contributed by atoms with E-state index in [1.165, 1.54) is 5.56 Å². The number of carbonyl (C=O) groups excluding carboxylic acids is 2. The minimum atomic E-state index is -0.574. The third-order valence-corrected chi connectivity index (χ3v) is 3.87. The Balaban J connectivity index is 0.00000338. The molecule has 0 saturated carbocycles. The van der Waals surface area contributed by atoms with Gasteiger partial charge in [0.1, 0.15) is 0 Å². The standard InChI is InChI=1S/C19H24N4O2.ClH/c20-11-13-23(12-10-15-4-2-1-3-5-15)18(24)17-8-6-16(7-9-17)14-22-19(21)25;/h1-9H,10-14,20H2,(H3,21,22,25);1H. The molecule has 0 fully saturated rings. The molecule has 0 aromatic heterocycles. The average molecular weight is 377 g/mol. The quantitative estimate of drug-likeness (QED) is 0.655. The van der Waals surface area contributed by atoms with Crippen LogP contribution >= 0.6 is 12.4 Å². The summed E-state index contributed by atoms with van der Waals surface area (Å²) in [7, 11) is 0. The van der Waals surface area contributed by atoms with Crippen molar-refractivity contribution in [3.8, 4) is 0 Å². The Morgan fingerprint density at radius 3 is 2.15 bits per heavy atom. The highest BCUT2D eigenvalue weighted by molar-refractivity contribution is 5.94. The van der Waals surface area contributed by atoms with Gasteiger partial charge in [-0.15, -0.1) is 12.4 Å². The summed E-state index contributed by atoms with van der Waals surface area (Å²) in [6.07, 6.45) is 0.785. The molecule has 0 unspecified atom stereocenters. The van der Waals surface area contributed by atoms with Gasteiger partial charge in [0.25, 0.3) is 5.91 Å². The molecular formula is C19H25ClN4O2. The van der Waals surface area contributed by atoms with Crippen LogP contribution in [0.2, 0.25) is 0 Å². The lowest BCUT2D eigenvalue weighted by Crippen LogP contribution is -2.37. The Morgan fingerprint density at radius 1 is 0.923 bits per heavy atom. The molecular weight excluding hydrogens is 352 g/mol. The molecule has 0 atom stereocenters. The number of benzene rings is 2. The number of hydrogen-bond donors (Lipinski definition) is 3. The van der Waals surface area contributed by atoms with Crippen molar-refractivity contribution in [2.24, 2.45) is 11.5 Å². The minimum Gasteiger partial charge on any atom is -0.352 e. The summed E-state index contributed by atoms with van der Waals surface area (Å²) in [5.41, 5.74) is 13.4. The van der Waals surface area contributed by atoms with E-state index < -0.39 is 6.03 Å². The van der Waals surface area contributed by atoms with Crippen molar-refractivity contribution in [3.05, 3.63) is 71.3 Å². The Morgan fingerprint density at radius 2 is 1.58 bits per heavy atom. The van der Waals surface area contributed by atoms with E-state index in [2.05, 4.69) is 5.32 Å². The lowest BCUT2D eigenvalue weighted by Gasteiger charge is -2.22. The van der Waals surface area contributed by atoms with Crippen molar-refractivity contribution >= 4 is 24.3 Å². The van der Waals surface area contributed by atoms with Crippen molar-refractivity contribution in [1.29, 1.82) is 0 Å². The fourth-order valence-corrected chi connectivity index (χ4v) is 2.52. The molecule has 0 radical (unpaired) electrons. The normalized spacial score (nSPS) is 9.88. The molecule has 2 rings (SSSR count). The number of carbonyl (C=O) groups is 2. The fraction of sp³-hybridized carbons (Fsp3) is 0.263. The van der Waals surface area contributed by atoms with Gasteiger partial charge in [0.15, 0.2) is 0 Å². The highest BCUT2D eigenvalue weighted by Gasteiger charge is 2.15. The summed E-state index contributed by atoms with van der Waals surface area (Å²) >= 11 is 0. The van der Waals surface area contributed by atoms with Crippen LogP contribution in [0.4, 0.5) is 4.79 Å². The lowest BCUT2D eigenvalue weighted by molar-refractivity contribution is 0.0762. The highest BCUT2D eigenvalue weighted by Crippen LogP contribution is 2.09. The number of amides is 3. The van der Waals surface area contributed by atoms with Gasteiger partial charge in [-0.05, 0) is 29.7 Å². The average Bonchev–Trinajstić information content (AvgIpc) is 2.64. The fourth-order valence-electron chi connectivity index (χ4n) is 2.52. The molecule has 0 aliphatic carbocycles. The van der Waals surface area contributed by atoms with Crippen molar-refractivity contribution in [3.63, 3.8) is 0 Å². The van der Waals surface area contributed by atoms with Crippen LogP contribution in [0.15, 0.2) is 54.6 Å². The summed E-state index contributed by atoms with van der Waals surface area (Å²) < 4.78 is 0. The Hall–Kier alpha value is -2.57. The summed E-state index contributed by atoms with van der Waals surface area (Å²) in [4.78, 5) is 25.2. The zero-order valence-electron chi connectivity index (χ0n) is 14.6. The smallest absolute Gasteiger partial charge is 0.312 e. The summed E-state index contributed by atoms with van der Waals surface area (Å²) in [5.74, 6) is -0.0456. The molecule has 26 heavy (non-hydrogen) atoms.